The highest BCUT2D eigenvalue weighted by atomic mass is 19.4. The van der Waals surface area contributed by atoms with Crippen LogP contribution < -0.4 is 10.9 Å². The topological polar surface area (TPSA) is 24.1 Å². The van der Waals surface area contributed by atoms with Gasteiger partial charge in [0, 0.05) is 17.8 Å². The van der Waals surface area contributed by atoms with Crippen molar-refractivity contribution in [3.8, 4) is 0 Å². The van der Waals surface area contributed by atoms with Gasteiger partial charge in [0.05, 0.1) is 5.56 Å². The van der Waals surface area contributed by atoms with Crippen molar-refractivity contribution in [3.63, 3.8) is 0 Å². The van der Waals surface area contributed by atoms with E-state index in [0.717, 1.165) is 0 Å². The fraction of sp³-hybridized carbons (Fsp3) is 0.143. The first-order valence-electron chi connectivity index (χ1n) is 5.97. The summed E-state index contributed by atoms with van der Waals surface area (Å²) in [6.45, 7) is -0.434. The fourth-order valence-corrected chi connectivity index (χ4v) is 1.73. The maximum atomic E-state index is 13.7. The number of halogens is 5. The summed E-state index contributed by atoms with van der Waals surface area (Å²) in [5.41, 5.74) is 3.58. The molecule has 2 rings (SSSR count). The molecule has 21 heavy (non-hydrogen) atoms. The van der Waals surface area contributed by atoms with Crippen molar-refractivity contribution in [3.05, 3.63) is 65.2 Å². The number of benzene rings is 2. The summed E-state index contributed by atoms with van der Waals surface area (Å²) in [6, 6.07) is 9.60. The van der Waals surface area contributed by atoms with Gasteiger partial charge in [0.2, 0.25) is 0 Å². The van der Waals surface area contributed by atoms with E-state index < -0.39 is 35.5 Å². The van der Waals surface area contributed by atoms with Crippen LogP contribution in [0.15, 0.2) is 42.5 Å². The first-order chi connectivity index (χ1) is 9.89. The average molecular weight is 302 g/mol. The summed E-state index contributed by atoms with van der Waals surface area (Å²) in [6.07, 6.45) is -4.86. The van der Waals surface area contributed by atoms with Crippen molar-refractivity contribution in [1.29, 1.82) is 0 Å². The first-order valence-corrected chi connectivity index (χ1v) is 5.97. The van der Waals surface area contributed by atoms with Crippen molar-refractivity contribution < 1.29 is 22.0 Å². The Hall–Kier alpha value is -2.15. The van der Waals surface area contributed by atoms with Gasteiger partial charge >= 0.3 is 6.18 Å². The lowest BCUT2D eigenvalue weighted by molar-refractivity contribution is -0.140. The Labute approximate surface area is 117 Å². The van der Waals surface area contributed by atoms with Crippen molar-refractivity contribution in [2.75, 3.05) is 5.43 Å². The number of alkyl halides is 3. The summed E-state index contributed by atoms with van der Waals surface area (Å²) in [5.74, 6) is -2.65. The molecule has 2 N–H and O–H groups in total. The van der Waals surface area contributed by atoms with Crippen LogP contribution in [0.3, 0.4) is 0 Å². The number of rotatable bonds is 4. The highest BCUT2D eigenvalue weighted by Gasteiger charge is 2.35. The fourth-order valence-electron chi connectivity index (χ4n) is 1.73. The Kier molecular flexibility index (Phi) is 4.42. The van der Waals surface area contributed by atoms with Crippen molar-refractivity contribution in [2.24, 2.45) is 0 Å². The van der Waals surface area contributed by atoms with E-state index >= 15 is 0 Å². The molecule has 0 unspecified atom stereocenters. The number of hydrogen-bond donors (Lipinski definition) is 2. The molecule has 112 valence electrons. The summed E-state index contributed by atoms with van der Waals surface area (Å²) >= 11 is 0. The Morgan fingerprint density at radius 1 is 0.905 bits per heavy atom. The maximum absolute atomic E-state index is 13.7. The molecule has 0 aliphatic rings. The molecule has 0 atom stereocenters. The third-order valence-electron chi connectivity index (χ3n) is 2.76. The van der Waals surface area contributed by atoms with Gasteiger partial charge in [-0.3, -0.25) is 0 Å². The van der Waals surface area contributed by atoms with Crippen molar-refractivity contribution in [2.45, 2.75) is 12.7 Å². The molecule has 0 aliphatic carbocycles. The monoisotopic (exact) mass is 302 g/mol. The third-order valence-corrected chi connectivity index (χ3v) is 2.76. The van der Waals surface area contributed by atoms with E-state index in [9.17, 15) is 22.0 Å². The van der Waals surface area contributed by atoms with Crippen LogP contribution in [-0.2, 0) is 12.7 Å². The van der Waals surface area contributed by atoms with Gasteiger partial charge in [-0.1, -0.05) is 18.2 Å². The molecule has 2 aromatic rings. The zero-order valence-electron chi connectivity index (χ0n) is 10.6. The Balaban J connectivity index is 2.13. The molecule has 2 aromatic carbocycles. The second-order valence-corrected chi connectivity index (χ2v) is 4.23. The van der Waals surface area contributed by atoms with Gasteiger partial charge in [-0.25, -0.2) is 14.2 Å². The van der Waals surface area contributed by atoms with Crippen LogP contribution in [0, 0.1) is 11.6 Å². The minimum atomic E-state index is -4.86. The number of hydrazine groups is 1. The lowest BCUT2D eigenvalue weighted by atomic mass is 10.1. The van der Waals surface area contributed by atoms with Gasteiger partial charge in [0.15, 0.2) is 0 Å². The van der Waals surface area contributed by atoms with Gasteiger partial charge in [-0.15, -0.1) is 0 Å². The van der Waals surface area contributed by atoms with Gasteiger partial charge in [0.1, 0.15) is 11.6 Å². The maximum Gasteiger partial charge on any atom is 0.419 e. The minimum Gasteiger partial charge on any atom is -0.321 e. The lowest BCUT2D eigenvalue weighted by Crippen LogP contribution is -2.23. The standard InChI is InChI=1S/C14H11F5N2/c15-12-7-6-11(14(17,18)19)13(16)10(12)8-20-21-9-4-2-1-3-5-9/h1-7,20-21H,8H2. The molecular formula is C14H11F5N2. The van der Waals surface area contributed by atoms with Gasteiger partial charge in [-0.2, -0.15) is 13.2 Å². The van der Waals surface area contributed by atoms with Crippen LogP contribution in [0.1, 0.15) is 11.1 Å². The molecule has 0 saturated heterocycles. The smallest absolute Gasteiger partial charge is 0.321 e. The molecule has 0 aliphatic heterocycles. The minimum absolute atomic E-state index is 0.388. The number of para-hydroxylation sites is 1. The van der Waals surface area contributed by atoms with Crippen LogP contribution >= 0.6 is 0 Å². The Morgan fingerprint density at radius 2 is 1.57 bits per heavy atom. The molecule has 0 fully saturated rings. The first kappa shape index (κ1) is 15.2. The second kappa shape index (κ2) is 6.09. The predicted molar refractivity (Wildman–Crippen MR) is 68.3 cm³/mol. The van der Waals surface area contributed by atoms with E-state index in [1.54, 1.807) is 30.3 Å². The molecule has 0 radical (unpaired) electrons. The lowest BCUT2D eigenvalue weighted by Gasteiger charge is -2.13. The van der Waals surface area contributed by atoms with Crippen LogP contribution in [-0.4, -0.2) is 0 Å². The zero-order chi connectivity index (χ0) is 15.5. The van der Waals surface area contributed by atoms with E-state index in [4.69, 9.17) is 0 Å². The molecule has 0 amide bonds. The van der Waals surface area contributed by atoms with E-state index in [0.29, 0.717) is 17.8 Å². The highest BCUT2D eigenvalue weighted by Crippen LogP contribution is 2.33. The van der Waals surface area contributed by atoms with Crippen LogP contribution in [0.5, 0.6) is 0 Å². The van der Waals surface area contributed by atoms with Crippen LogP contribution in [0.2, 0.25) is 0 Å². The summed E-state index contributed by atoms with van der Waals surface area (Å²) in [4.78, 5) is 0. The molecule has 2 nitrogen and oxygen atoms in total. The van der Waals surface area contributed by atoms with E-state index in [1.165, 1.54) is 0 Å². The Morgan fingerprint density at radius 3 is 2.19 bits per heavy atom. The third kappa shape index (κ3) is 3.69. The molecule has 0 spiro atoms. The van der Waals surface area contributed by atoms with Gasteiger partial charge < -0.3 is 5.43 Å². The average Bonchev–Trinajstić information content (AvgIpc) is 2.42. The predicted octanol–water partition coefficient (Wildman–Crippen LogP) is 4.10. The molecule has 0 heterocycles. The summed E-state index contributed by atoms with van der Waals surface area (Å²) < 4.78 is 64.8. The molecular weight excluding hydrogens is 291 g/mol. The molecule has 0 saturated carbocycles. The summed E-state index contributed by atoms with van der Waals surface area (Å²) in [5, 5.41) is 0. The van der Waals surface area contributed by atoms with Crippen molar-refractivity contribution in [1.82, 2.24) is 5.43 Å². The van der Waals surface area contributed by atoms with E-state index in [-0.39, 0.29) is 0 Å². The number of nitrogens with one attached hydrogen (secondary N) is 2. The second-order valence-electron chi connectivity index (χ2n) is 4.23. The quantitative estimate of drug-likeness (QED) is 0.656. The van der Waals surface area contributed by atoms with Gasteiger partial charge in [0.25, 0.3) is 0 Å². The van der Waals surface area contributed by atoms with E-state index in [2.05, 4.69) is 10.9 Å². The zero-order valence-corrected chi connectivity index (χ0v) is 10.6. The van der Waals surface area contributed by atoms with E-state index in [1.807, 2.05) is 0 Å². The molecule has 0 bridgehead atoms. The Bertz CT molecular complexity index is 611. The molecule has 7 heteroatoms. The number of anilines is 1. The largest absolute Gasteiger partial charge is 0.419 e. The summed E-state index contributed by atoms with van der Waals surface area (Å²) in [7, 11) is 0. The van der Waals surface area contributed by atoms with Crippen LogP contribution in [0.4, 0.5) is 27.6 Å². The van der Waals surface area contributed by atoms with Crippen LogP contribution in [0.25, 0.3) is 0 Å². The highest BCUT2D eigenvalue weighted by molar-refractivity contribution is 5.41. The van der Waals surface area contributed by atoms with Gasteiger partial charge in [-0.05, 0) is 24.3 Å². The normalized spacial score (nSPS) is 11.5. The van der Waals surface area contributed by atoms with Crippen molar-refractivity contribution >= 4 is 5.69 Å². The number of hydrogen-bond acceptors (Lipinski definition) is 2. The molecule has 0 aromatic heterocycles. The SMILES string of the molecule is Fc1ccc(C(F)(F)F)c(F)c1CNNc1ccccc1.